The van der Waals surface area contributed by atoms with Crippen molar-refractivity contribution in [1.82, 2.24) is 0 Å². The highest BCUT2D eigenvalue weighted by molar-refractivity contribution is 5.75. The van der Waals surface area contributed by atoms with Gasteiger partial charge in [0.25, 0.3) is 5.69 Å². The predicted octanol–water partition coefficient (Wildman–Crippen LogP) is 1.41. The highest BCUT2D eigenvalue weighted by atomic mass is 16.6. The van der Waals surface area contributed by atoms with Crippen LogP contribution < -0.4 is 0 Å². The minimum Gasteiger partial charge on any atom is -0.298 e. The van der Waals surface area contributed by atoms with Gasteiger partial charge in [0, 0.05) is 17.7 Å². The molecule has 1 aromatic carbocycles. The van der Waals surface area contributed by atoms with Crippen LogP contribution in [0, 0.1) is 10.1 Å². The summed E-state index contributed by atoms with van der Waals surface area (Å²) in [6.45, 7) is 0. The maximum atomic E-state index is 10.4. The zero-order chi connectivity index (χ0) is 9.14. The van der Waals surface area contributed by atoms with E-state index in [4.69, 9.17) is 1.37 Å². The zero-order valence-electron chi connectivity index (χ0n) is 6.48. The summed E-state index contributed by atoms with van der Waals surface area (Å²) in [5.41, 5.74) is 0.0700. The standard InChI is InChI=1S/C7H5NO3/c9-5-6-1-3-7(4-2-6)8(10)11/h1-5H/i5T. The van der Waals surface area contributed by atoms with E-state index in [1.807, 2.05) is 0 Å². The van der Waals surface area contributed by atoms with Crippen molar-refractivity contribution in [2.75, 3.05) is 0 Å². The fourth-order valence-corrected chi connectivity index (χ4v) is 0.651. The first-order chi connectivity index (χ1) is 5.61. The second kappa shape index (κ2) is 2.92. The molecule has 56 valence electrons. The first kappa shape index (κ1) is 6.03. The van der Waals surface area contributed by atoms with Crippen molar-refractivity contribution in [3.05, 3.63) is 39.9 Å². The number of nitro benzene ring substituents is 1. The summed E-state index contributed by atoms with van der Waals surface area (Å²) in [7, 11) is 0. The summed E-state index contributed by atoms with van der Waals surface area (Å²) < 4.78 is 6.69. The molecule has 1 aromatic rings. The molecule has 4 nitrogen and oxygen atoms in total. The van der Waals surface area contributed by atoms with Gasteiger partial charge in [-0.15, -0.1) is 0 Å². The van der Waals surface area contributed by atoms with E-state index < -0.39 is 11.2 Å². The fraction of sp³-hybridized carbons (Fsp3) is 0. The molecule has 0 spiro atoms. The van der Waals surface area contributed by atoms with Gasteiger partial charge in [-0.25, -0.2) is 0 Å². The molecule has 0 saturated carbocycles. The minimum absolute atomic E-state index is 0.0833. The van der Waals surface area contributed by atoms with Crippen LogP contribution in [0.3, 0.4) is 0 Å². The third kappa shape index (κ3) is 1.61. The third-order valence-corrected chi connectivity index (χ3v) is 1.20. The number of carbonyl (C=O) groups is 1. The van der Waals surface area contributed by atoms with Gasteiger partial charge in [0.1, 0.15) is 7.63 Å². The number of nitrogens with zero attached hydrogens (tertiary/aromatic N) is 1. The van der Waals surface area contributed by atoms with E-state index >= 15 is 0 Å². The molecule has 0 bridgehead atoms. The van der Waals surface area contributed by atoms with Crippen molar-refractivity contribution in [3.8, 4) is 0 Å². The fourth-order valence-electron chi connectivity index (χ4n) is 0.651. The smallest absolute Gasteiger partial charge is 0.269 e. The lowest BCUT2D eigenvalue weighted by atomic mass is 10.2. The Hall–Kier alpha value is -1.71. The topological polar surface area (TPSA) is 60.2 Å². The number of hydrogen-bond acceptors (Lipinski definition) is 3. The number of aldehydes is 1. The summed E-state index contributed by atoms with van der Waals surface area (Å²) in [6, 6.07) is 4.91. The van der Waals surface area contributed by atoms with Gasteiger partial charge in [-0.2, -0.15) is 0 Å². The Balaban J connectivity index is 3.01. The number of rotatable bonds is 2. The Labute approximate surface area is 64.0 Å². The number of nitro groups is 1. The third-order valence-electron chi connectivity index (χ3n) is 1.20. The van der Waals surface area contributed by atoms with Crippen LogP contribution in [0.4, 0.5) is 5.69 Å². The monoisotopic (exact) mass is 153 g/mol. The summed E-state index contributed by atoms with van der Waals surface area (Å²) >= 11 is 0. The molecule has 0 aliphatic heterocycles. The van der Waals surface area contributed by atoms with Crippen molar-refractivity contribution >= 4 is 11.9 Å². The van der Waals surface area contributed by atoms with E-state index in [9.17, 15) is 14.9 Å². The number of benzene rings is 1. The zero-order valence-corrected chi connectivity index (χ0v) is 5.48. The number of carbonyl (C=O) groups excluding carboxylic acids is 1. The van der Waals surface area contributed by atoms with Crippen molar-refractivity contribution in [3.63, 3.8) is 0 Å². The van der Waals surface area contributed by atoms with Crippen molar-refractivity contribution in [2.45, 2.75) is 0 Å². The molecule has 0 amide bonds. The van der Waals surface area contributed by atoms with Crippen LogP contribution in [0.2, 0.25) is 0 Å². The quantitative estimate of drug-likeness (QED) is 0.366. The SMILES string of the molecule is [3H]C(=O)c1ccc([N+](=O)[O-])cc1. The lowest BCUT2D eigenvalue weighted by Crippen LogP contribution is -1.87. The lowest BCUT2D eigenvalue weighted by molar-refractivity contribution is -0.384. The Bertz CT molecular complexity index is 287. The second-order valence-electron chi connectivity index (χ2n) is 1.91. The van der Waals surface area contributed by atoms with E-state index in [-0.39, 0.29) is 11.3 Å². The predicted molar refractivity (Wildman–Crippen MR) is 38.5 cm³/mol. The normalized spacial score (nSPS) is 10.4. The summed E-state index contributed by atoms with van der Waals surface area (Å²) in [6.07, 6.45) is -0.843. The molecule has 4 heteroatoms. The average Bonchev–Trinajstić information content (AvgIpc) is 2.04. The maximum Gasteiger partial charge on any atom is 0.269 e. The largest absolute Gasteiger partial charge is 0.298 e. The minimum atomic E-state index is -0.843. The van der Waals surface area contributed by atoms with Gasteiger partial charge in [-0.05, 0) is 12.1 Å². The molecule has 0 saturated heterocycles. The molecule has 0 unspecified atom stereocenters. The molecule has 0 N–H and O–H groups in total. The molecular formula is C7H5NO3. The molecule has 0 atom stereocenters. The first-order valence-corrected chi connectivity index (χ1v) is 2.86. The van der Waals surface area contributed by atoms with Gasteiger partial charge in [0.15, 0.2) is 0 Å². The Morgan fingerprint density at radius 1 is 1.45 bits per heavy atom. The van der Waals surface area contributed by atoms with Crippen molar-refractivity contribution < 1.29 is 11.1 Å². The van der Waals surface area contributed by atoms with Gasteiger partial charge in [-0.3, -0.25) is 14.9 Å². The maximum absolute atomic E-state index is 10.4. The summed E-state index contributed by atoms with van der Waals surface area (Å²) in [5.74, 6) is 0. The number of hydrogen-bond donors (Lipinski definition) is 0. The summed E-state index contributed by atoms with van der Waals surface area (Å²) in [4.78, 5) is 20.0. The Morgan fingerprint density at radius 2 is 2.00 bits per heavy atom. The van der Waals surface area contributed by atoms with Gasteiger partial charge in [0.05, 0.1) is 4.92 Å². The van der Waals surface area contributed by atoms with Crippen LogP contribution in [0.5, 0.6) is 0 Å². The molecule has 0 radical (unpaired) electrons. The first-order valence-electron chi connectivity index (χ1n) is 3.36. The van der Waals surface area contributed by atoms with Crippen molar-refractivity contribution in [2.24, 2.45) is 0 Å². The van der Waals surface area contributed by atoms with Gasteiger partial charge in [-0.1, -0.05) is 0 Å². The van der Waals surface area contributed by atoms with Crippen LogP contribution in [0.25, 0.3) is 0 Å². The molecule has 11 heavy (non-hydrogen) atoms. The molecule has 0 fully saturated rings. The van der Waals surface area contributed by atoms with E-state index in [2.05, 4.69) is 0 Å². The van der Waals surface area contributed by atoms with Crippen LogP contribution in [0.1, 0.15) is 11.7 Å². The highest BCUT2D eigenvalue weighted by Crippen LogP contribution is 2.09. The van der Waals surface area contributed by atoms with Crippen LogP contribution in [0.15, 0.2) is 24.3 Å². The van der Waals surface area contributed by atoms with E-state index in [0.717, 1.165) is 0 Å². The number of non-ortho nitro benzene ring substituents is 1. The van der Waals surface area contributed by atoms with E-state index in [1.54, 1.807) is 0 Å². The van der Waals surface area contributed by atoms with Gasteiger partial charge >= 0.3 is 0 Å². The lowest BCUT2D eigenvalue weighted by Gasteiger charge is -1.89. The summed E-state index contributed by atoms with van der Waals surface area (Å²) in [5, 5.41) is 10.2. The average molecular weight is 153 g/mol. The molecule has 0 aromatic heterocycles. The van der Waals surface area contributed by atoms with Crippen LogP contribution >= 0.6 is 0 Å². The van der Waals surface area contributed by atoms with Crippen LogP contribution in [-0.2, 0) is 0 Å². The van der Waals surface area contributed by atoms with Gasteiger partial charge in [0.2, 0.25) is 0 Å². The van der Waals surface area contributed by atoms with Crippen LogP contribution in [-0.4, -0.2) is 11.2 Å². The molecular weight excluding hydrogens is 146 g/mol. The van der Waals surface area contributed by atoms with Gasteiger partial charge < -0.3 is 0 Å². The molecule has 0 heterocycles. The van der Waals surface area contributed by atoms with E-state index in [1.165, 1.54) is 24.3 Å². The molecule has 0 aliphatic rings. The second-order valence-corrected chi connectivity index (χ2v) is 1.91. The van der Waals surface area contributed by atoms with Crippen molar-refractivity contribution in [1.29, 1.82) is 0 Å². The van der Waals surface area contributed by atoms with E-state index in [0.29, 0.717) is 0 Å². The molecule has 1 rings (SSSR count). The highest BCUT2D eigenvalue weighted by Gasteiger charge is 2.02. The Kier molecular flexibility index (Phi) is 1.60. The molecule has 0 aliphatic carbocycles. The Morgan fingerprint density at radius 3 is 2.36 bits per heavy atom.